The van der Waals surface area contributed by atoms with E-state index in [1.54, 1.807) is 5.56 Å². The van der Waals surface area contributed by atoms with Crippen LogP contribution in [0, 0.1) is 11.8 Å². The van der Waals surface area contributed by atoms with Gasteiger partial charge in [-0.2, -0.15) is 0 Å². The van der Waals surface area contributed by atoms with Gasteiger partial charge in [-0.15, -0.1) is 0 Å². The Morgan fingerprint density at radius 2 is 1.33 bits per heavy atom. The van der Waals surface area contributed by atoms with Crippen molar-refractivity contribution in [2.45, 2.75) is 88.9 Å². The molecule has 4 aliphatic carbocycles. The normalized spacial score (nSPS) is 22.8. The molecule has 0 amide bonds. The van der Waals surface area contributed by atoms with Crippen molar-refractivity contribution in [3.05, 3.63) is 125 Å². The molecule has 2 heteroatoms. The van der Waals surface area contributed by atoms with E-state index in [0.29, 0.717) is 5.92 Å². The van der Waals surface area contributed by atoms with E-state index in [-0.39, 0.29) is 5.41 Å². The zero-order valence-electron chi connectivity index (χ0n) is 28.3. The molecule has 2 bridgehead atoms. The number of nitrogens with zero attached hydrogens (tertiary/aromatic N) is 1. The molecule has 2 nitrogen and oxygen atoms in total. The van der Waals surface area contributed by atoms with E-state index < -0.39 is 0 Å². The third-order valence-electron chi connectivity index (χ3n) is 12.9. The fraction of sp³-hybridized carbons (Fsp3) is 0.348. The first-order valence-corrected chi connectivity index (χ1v) is 18.6. The molecule has 1 aromatic heterocycles. The van der Waals surface area contributed by atoms with Crippen LogP contribution >= 0.6 is 0 Å². The van der Waals surface area contributed by atoms with Crippen molar-refractivity contribution in [2.75, 3.05) is 4.90 Å². The van der Waals surface area contributed by atoms with Crippen LogP contribution in [0.15, 0.2) is 108 Å². The maximum atomic E-state index is 6.60. The average molecular weight is 628 g/mol. The Morgan fingerprint density at radius 1 is 0.625 bits per heavy atom. The zero-order valence-corrected chi connectivity index (χ0v) is 28.3. The van der Waals surface area contributed by atoms with Crippen LogP contribution in [-0.2, 0) is 5.41 Å². The Kier molecular flexibility index (Phi) is 6.49. The second-order valence-corrected chi connectivity index (χ2v) is 16.0. The lowest BCUT2D eigenvalue weighted by Gasteiger charge is -2.29. The molecule has 3 fully saturated rings. The first-order valence-electron chi connectivity index (χ1n) is 18.6. The molecule has 1 heterocycles. The molecule has 240 valence electrons. The van der Waals surface area contributed by atoms with Crippen molar-refractivity contribution in [2.24, 2.45) is 11.8 Å². The van der Waals surface area contributed by atoms with Crippen molar-refractivity contribution >= 4 is 39.0 Å². The fourth-order valence-corrected chi connectivity index (χ4v) is 10.5. The number of benzene rings is 5. The van der Waals surface area contributed by atoms with Gasteiger partial charge in [0.15, 0.2) is 0 Å². The molecule has 0 aliphatic heterocycles. The van der Waals surface area contributed by atoms with Gasteiger partial charge in [0.1, 0.15) is 11.2 Å². The van der Waals surface area contributed by atoms with Gasteiger partial charge in [-0.1, -0.05) is 94.1 Å². The number of fused-ring (bicyclic) bond motifs is 9. The highest BCUT2D eigenvalue weighted by atomic mass is 16.3. The van der Waals surface area contributed by atoms with Gasteiger partial charge in [0.2, 0.25) is 0 Å². The van der Waals surface area contributed by atoms with E-state index in [1.807, 2.05) is 0 Å². The van der Waals surface area contributed by atoms with E-state index in [0.717, 1.165) is 28.9 Å². The molecule has 0 saturated heterocycles. The van der Waals surface area contributed by atoms with Gasteiger partial charge in [-0.25, -0.2) is 0 Å². The first kappa shape index (κ1) is 28.7. The highest BCUT2D eigenvalue weighted by Gasteiger charge is 2.41. The van der Waals surface area contributed by atoms with Crippen LogP contribution in [0.5, 0.6) is 0 Å². The smallest absolute Gasteiger partial charge is 0.140 e. The van der Waals surface area contributed by atoms with Gasteiger partial charge in [0, 0.05) is 38.8 Å². The fourth-order valence-electron chi connectivity index (χ4n) is 10.5. The summed E-state index contributed by atoms with van der Waals surface area (Å²) in [4.78, 5) is 2.49. The Hall–Kier alpha value is -4.30. The van der Waals surface area contributed by atoms with Gasteiger partial charge in [0.25, 0.3) is 0 Å². The van der Waals surface area contributed by atoms with Crippen LogP contribution in [0.2, 0.25) is 0 Å². The maximum absolute atomic E-state index is 6.60. The number of hydrogen-bond acceptors (Lipinski definition) is 2. The van der Waals surface area contributed by atoms with E-state index in [2.05, 4.69) is 122 Å². The van der Waals surface area contributed by atoms with Crippen LogP contribution < -0.4 is 4.90 Å². The molecule has 6 aromatic rings. The van der Waals surface area contributed by atoms with Gasteiger partial charge in [-0.05, 0) is 132 Å². The number of rotatable bonds is 5. The number of furan rings is 1. The highest BCUT2D eigenvalue weighted by molar-refractivity contribution is 6.09. The molecule has 0 spiro atoms. The third-order valence-corrected chi connectivity index (χ3v) is 12.9. The summed E-state index contributed by atoms with van der Waals surface area (Å²) in [7, 11) is 0. The highest BCUT2D eigenvalue weighted by Crippen LogP contribution is 2.55. The number of hydrogen-bond donors (Lipinski definition) is 0. The molecule has 5 aromatic carbocycles. The van der Waals surface area contributed by atoms with Crippen molar-refractivity contribution in [1.29, 1.82) is 0 Å². The SMILES string of the molecule is CC1(C)c2cc(N(c3ccc(C4CCCCC4)cc3)c3ccc(C4CC5CCC4C5)cc3)ccc2-c2ccc3c(oc4ccccc43)c21. The summed E-state index contributed by atoms with van der Waals surface area (Å²) in [5, 5.41) is 2.40. The van der Waals surface area contributed by atoms with E-state index >= 15 is 0 Å². The van der Waals surface area contributed by atoms with Gasteiger partial charge < -0.3 is 9.32 Å². The Labute approximate surface area is 284 Å². The van der Waals surface area contributed by atoms with Crippen LogP contribution in [0.4, 0.5) is 17.1 Å². The van der Waals surface area contributed by atoms with Crippen LogP contribution in [0.3, 0.4) is 0 Å². The summed E-state index contributed by atoms with van der Waals surface area (Å²) < 4.78 is 6.60. The quantitative estimate of drug-likeness (QED) is 0.189. The van der Waals surface area contributed by atoms with E-state index in [4.69, 9.17) is 4.42 Å². The summed E-state index contributed by atoms with van der Waals surface area (Å²) >= 11 is 0. The Morgan fingerprint density at radius 3 is 2.06 bits per heavy atom. The van der Waals surface area contributed by atoms with Gasteiger partial charge in [0.05, 0.1) is 0 Å². The second-order valence-electron chi connectivity index (χ2n) is 16.0. The average Bonchev–Trinajstić information content (AvgIpc) is 3.91. The van der Waals surface area contributed by atoms with Crippen LogP contribution in [-0.4, -0.2) is 0 Å². The second kappa shape index (κ2) is 10.9. The first-order chi connectivity index (χ1) is 23.5. The predicted octanol–water partition coefficient (Wildman–Crippen LogP) is 13.3. The minimum absolute atomic E-state index is 0.198. The molecule has 3 saturated carbocycles. The topological polar surface area (TPSA) is 16.4 Å². The van der Waals surface area contributed by atoms with Crippen LogP contribution in [0.1, 0.15) is 106 Å². The van der Waals surface area contributed by atoms with Crippen molar-refractivity contribution < 1.29 is 4.42 Å². The largest absolute Gasteiger partial charge is 0.456 e. The Bertz CT molecular complexity index is 2160. The molecule has 10 rings (SSSR count). The molecule has 3 unspecified atom stereocenters. The Balaban J connectivity index is 1.07. The summed E-state index contributed by atoms with van der Waals surface area (Å²) in [6.07, 6.45) is 12.5. The predicted molar refractivity (Wildman–Crippen MR) is 200 cm³/mol. The molecule has 4 aliphatic rings. The maximum Gasteiger partial charge on any atom is 0.140 e. The lowest BCUT2D eigenvalue weighted by atomic mass is 9.81. The molecule has 0 N–H and O–H groups in total. The molecule has 0 radical (unpaired) electrons. The monoisotopic (exact) mass is 627 g/mol. The van der Waals surface area contributed by atoms with Gasteiger partial charge >= 0.3 is 0 Å². The van der Waals surface area contributed by atoms with Crippen molar-refractivity contribution in [3.8, 4) is 11.1 Å². The van der Waals surface area contributed by atoms with E-state index in [9.17, 15) is 0 Å². The lowest BCUT2D eigenvalue weighted by Crippen LogP contribution is -2.17. The molecule has 48 heavy (non-hydrogen) atoms. The zero-order chi connectivity index (χ0) is 32.0. The van der Waals surface area contributed by atoms with Crippen molar-refractivity contribution in [3.63, 3.8) is 0 Å². The minimum atomic E-state index is -0.198. The summed E-state index contributed by atoms with van der Waals surface area (Å²) in [6, 6.07) is 39.4. The van der Waals surface area contributed by atoms with Crippen molar-refractivity contribution in [1.82, 2.24) is 0 Å². The third kappa shape index (κ3) is 4.37. The standard InChI is InChI=1S/C46H45NO/c1-46(2)42-28-36(22-23-37(42)39-24-25-40-38-10-6-7-11-43(38)48-45(40)44(39)46)47(34-18-14-31(15-19-34)30-8-4-3-5-9-30)35-20-16-32(17-21-35)41-27-29-12-13-33(41)26-29/h6-7,10-11,14-25,28-30,33,41H,3-5,8-9,12-13,26-27H2,1-2H3. The minimum Gasteiger partial charge on any atom is -0.456 e. The summed E-state index contributed by atoms with van der Waals surface area (Å²) in [5.74, 6) is 3.30. The number of anilines is 3. The van der Waals surface area contributed by atoms with Crippen LogP contribution in [0.25, 0.3) is 33.1 Å². The summed E-state index contributed by atoms with van der Waals surface area (Å²) in [5.41, 5.74) is 13.8. The molecule has 3 atom stereocenters. The number of para-hydroxylation sites is 1. The lowest BCUT2D eigenvalue weighted by molar-refractivity contribution is 0.420. The summed E-state index contributed by atoms with van der Waals surface area (Å²) in [6.45, 7) is 4.75. The van der Waals surface area contributed by atoms with Gasteiger partial charge in [-0.3, -0.25) is 0 Å². The molecular weight excluding hydrogens is 583 g/mol. The van der Waals surface area contributed by atoms with E-state index in [1.165, 1.54) is 113 Å². The molecular formula is C46H45NO.